The fraction of sp³-hybridized carbons (Fsp3) is 0.441. The molecule has 16 heteroatoms. The highest BCUT2D eigenvalue weighted by molar-refractivity contribution is 5.88. The van der Waals surface area contributed by atoms with Gasteiger partial charge in [-0.2, -0.15) is 0 Å². The number of methoxy groups -OCH3 is 1. The average Bonchev–Trinajstić information content (AvgIpc) is 3.35. The number of rotatable bonds is 13. The van der Waals surface area contributed by atoms with Crippen molar-refractivity contribution >= 4 is 30.1 Å². The number of carbonyl (C=O) groups is 3. The van der Waals surface area contributed by atoms with Gasteiger partial charge in [-0.25, -0.2) is 9.59 Å². The Morgan fingerprint density at radius 3 is 2.18 bits per heavy atom. The number of aliphatic hydroxyl groups excluding tert-OH is 5. The molecule has 2 aliphatic rings. The number of phenolic OH excluding ortho intramolecular Hbond substituents is 2. The average molecular weight is 705 g/mol. The van der Waals surface area contributed by atoms with Crippen molar-refractivity contribution < 1.29 is 78.6 Å². The lowest BCUT2D eigenvalue weighted by Crippen LogP contribution is -2.60. The van der Waals surface area contributed by atoms with Crippen molar-refractivity contribution in [3.63, 3.8) is 0 Å². The molecular formula is C34H40O16. The first-order chi connectivity index (χ1) is 23.8. The lowest BCUT2D eigenvalue weighted by molar-refractivity contribution is -0.320. The van der Waals surface area contributed by atoms with E-state index in [4.69, 9.17) is 28.4 Å². The molecular weight excluding hydrogens is 664 g/mol. The highest BCUT2D eigenvalue weighted by Gasteiger charge is 2.60. The van der Waals surface area contributed by atoms with Crippen molar-refractivity contribution in [2.24, 2.45) is 5.92 Å². The SMILES string of the molecule is COc1cc(C=CC(=O)OCC2OC(CO)(OC3CC(COC(C)=O)C(O)C(O)C3O)C(OC(=O)C=Cc3ccc(O)cc3)C2O)ccc1O. The van der Waals surface area contributed by atoms with Crippen LogP contribution in [0.2, 0.25) is 0 Å². The quantitative estimate of drug-likeness (QED) is 0.0809. The Kier molecular flexibility index (Phi) is 12.9. The highest BCUT2D eigenvalue weighted by atomic mass is 16.8. The predicted molar refractivity (Wildman–Crippen MR) is 170 cm³/mol. The molecule has 9 atom stereocenters. The number of aliphatic hydroxyl groups is 5. The van der Waals surface area contributed by atoms with E-state index in [0.717, 1.165) is 19.1 Å². The maximum absolute atomic E-state index is 12.9. The third-order valence-electron chi connectivity index (χ3n) is 8.20. The molecule has 1 heterocycles. The van der Waals surface area contributed by atoms with E-state index >= 15 is 0 Å². The highest BCUT2D eigenvalue weighted by Crippen LogP contribution is 2.39. The minimum absolute atomic E-state index is 0.00119. The molecule has 1 aliphatic carbocycles. The number of hydrogen-bond donors (Lipinski definition) is 7. The van der Waals surface area contributed by atoms with Crippen LogP contribution in [0, 0.1) is 5.92 Å². The number of aromatic hydroxyl groups is 2. The molecule has 7 N–H and O–H groups in total. The molecule has 2 fully saturated rings. The molecule has 0 bridgehead atoms. The second-order valence-corrected chi connectivity index (χ2v) is 11.7. The molecule has 2 aromatic rings. The minimum atomic E-state index is -2.39. The van der Waals surface area contributed by atoms with E-state index in [1.807, 2.05) is 0 Å². The Labute approximate surface area is 286 Å². The molecule has 0 radical (unpaired) electrons. The second kappa shape index (κ2) is 16.9. The number of esters is 3. The molecule has 0 amide bonds. The van der Waals surface area contributed by atoms with Crippen LogP contribution in [-0.4, -0.2) is 129 Å². The number of hydrogen-bond acceptors (Lipinski definition) is 16. The van der Waals surface area contributed by atoms with Gasteiger partial charge in [0.2, 0.25) is 5.79 Å². The second-order valence-electron chi connectivity index (χ2n) is 11.7. The third-order valence-corrected chi connectivity index (χ3v) is 8.20. The standard InChI is InChI=1S/C34H40O16/c1-18(36)46-15-21-14-25(30(42)32(44)29(21)41)49-34(17-35)33(48-28(40)12-6-19-3-8-22(37)9-4-19)31(43)26(50-34)16-47-27(39)11-7-20-5-10-23(38)24(13-20)45-2/h3-13,21,25-26,29-33,35,37-38,41-44H,14-17H2,1-2H3. The Morgan fingerprint density at radius 1 is 0.860 bits per heavy atom. The van der Waals surface area contributed by atoms with E-state index in [2.05, 4.69) is 0 Å². The molecule has 4 rings (SSSR count). The summed E-state index contributed by atoms with van der Waals surface area (Å²) in [5.74, 6) is -5.82. The zero-order valence-corrected chi connectivity index (χ0v) is 27.1. The number of phenols is 2. The minimum Gasteiger partial charge on any atom is -0.508 e. The summed E-state index contributed by atoms with van der Waals surface area (Å²) in [6.45, 7) is -0.910. The smallest absolute Gasteiger partial charge is 0.331 e. The monoisotopic (exact) mass is 704 g/mol. The molecule has 1 saturated heterocycles. The van der Waals surface area contributed by atoms with Gasteiger partial charge in [-0.15, -0.1) is 0 Å². The van der Waals surface area contributed by atoms with Gasteiger partial charge in [0, 0.05) is 25.0 Å². The molecule has 50 heavy (non-hydrogen) atoms. The Morgan fingerprint density at radius 2 is 1.52 bits per heavy atom. The van der Waals surface area contributed by atoms with Crippen LogP contribution < -0.4 is 4.74 Å². The number of carbonyl (C=O) groups excluding carboxylic acids is 3. The summed E-state index contributed by atoms with van der Waals surface area (Å²) in [5, 5.41) is 73.0. The molecule has 0 aromatic heterocycles. The van der Waals surface area contributed by atoms with Crippen LogP contribution in [-0.2, 0) is 38.1 Å². The summed E-state index contributed by atoms with van der Waals surface area (Å²) in [6.07, 6.45) is -6.98. The normalized spacial score (nSPS) is 29.6. The van der Waals surface area contributed by atoms with Crippen LogP contribution in [0.5, 0.6) is 17.2 Å². The van der Waals surface area contributed by atoms with Gasteiger partial charge < -0.3 is 64.2 Å². The number of ether oxygens (including phenoxy) is 6. The zero-order valence-electron chi connectivity index (χ0n) is 27.1. The Hall–Kier alpha value is -4.55. The maximum atomic E-state index is 12.9. The third kappa shape index (κ3) is 9.36. The van der Waals surface area contributed by atoms with Crippen LogP contribution >= 0.6 is 0 Å². The molecule has 16 nitrogen and oxygen atoms in total. The fourth-order valence-corrected chi connectivity index (χ4v) is 5.53. The van der Waals surface area contributed by atoms with E-state index in [0.29, 0.717) is 11.1 Å². The molecule has 2 aromatic carbocycles. The van der Waals surface area contributed by atoms with Gasteiger partial charge >= 0.3 is 17.9 Å². The van der Waals surface area contributed by atoms with E-state index in [1.54, 1.807) is 0 Å². The van der Waals surface area contributed by atoms with Gasteiger partial charge in [-0.1, -0.05) is 18.2 Å². The predicted octanol–water partition coefficient (Wildman–Crippen LogP) is -0.213. The summed E-state index contributed by atoms with van der Waals surface area (Å²) < 4.78 is 32.6. The summed E-state index contributed by atoms with van der Waals surface area (Å²) >= 11 is 0. The molecule has 0 spiro atoms. The topological polar surface area (TPSA) is 248 Å². The van der Waals surface area contributed by atoms with Gasteiger partial charge in [-0.3, -0.25) is 4.79 Å². The van der Waals surface area contributed by atoms with Gasteiger partial charge in [0.1, 0.15) is 43.4 Å². The summed E-state index contributed by atoms with van der Waals surface area (Å²) in [4.78, 5) is 36.9. The van der Waals surface area contributed by atoms with Crippen molar-refractivity contribution in [3.05, 3.63) is 65.7 Å². The van der Waals surface area contributed by atoms with E-state index in [9.17, 15) is 50.1 Å². The van der Waals surface area contributed by atoms with Crippen molar-refractivity contribution in [3.8, 4) is 17.2 Å². The molecule has 272 valence electrons. The van der Waals surface area contributed by atoms with Gasteiger partial charge in [0.15, 0.2) is 17.6 Å². The van der Waals surface area contributed by atoms with Crippen molar-refractivity contribution in [1.82, 2.24) is 0 Å². The van der Waals surface area contributed by atoms with Gasteiger partial charge in [0.05, 0.1) is 25.9 Å². The summed E-state index contributed by atoms with van der Waals surface area (Å²) in [7, 11) is 1.36. The number of benzene rings is 2. The van der Waals surface area contributed by atoms with Crippen LogP contribution in [0.15, 0.2) is 54.6 Å². The van der Waals surface area contributed by atoms with Gasteiger partial charge in [0.25, 0.3) is 0 Å². The zero-order chi connectivity index (χ0) is 36.6. The van der Waals surface area contributed by atoms with E-state index in [-0.39, 0.29) is 30.3 Å². The van der Waals surface area contributed by atoms with Gasteiger partial charge in [-0.05, 0) is 54.0 Å². The van der Waals surface area contributed by atoms with E-state index in [1.165, 1.54) is 61.7 Å². The van der Waals surface area contributed by atoms with Crippen LogP contribution in [0.1, 0.15) is 24.5 Å². The first-order valence-electron chi connectivity index (χ1n) is 15.5. The largest absolute Gasteiger partial charge is 0.508 e. The van der Waals surface area contributed by atoms with Crippen LogP contribution in [0.25, 0.3) is 12.2 Å². The maximum Gasteiger partial charge on any atom is 0.331 e. The van der Waals surface area contributed by atoms with Crippen molar-refractivity contribution in [2.75, 3.05) is 26.9 Å². The Balaban J connectivity index is 1.54. The van der Waals surface area contributed by atoms with Crippen molar-refractivity contribution in [1.29, 1.82) is 0 Å². The summed E-state index contributed by atoms with van der Waals surface area (Å²) in [6, 6.07) is 10.2. The van der Waals surface area contributed by atoms with Crippen LogP contribution in [0.4, 0.5) is 0 Å². The Bertz CT molecular complexity index is 1540. The van der Waals surface area contributed by atoms with Crippen LogP contribution in [0.3, 0.4) is 0 Å². The van der Waals surface area contributed by atoms with Crippen molar-refractivity contribution in [2.45, 2.75) is 61.9 Å². The molecule has 1 saturated carbocycles. The first kappa shape index (κ1) is 38.3. The molecule has 1 aliphatic heterocycles. The lowest BCUT2D eigenvalue weighted by Gasteiger charge is -2.44. The first-order valence-corrected chi connectivity index (χ1v) is 15.5. The van der Waals surface area contributed by atoms with E-state index < -0.39 is 85.6 Å². The lowest BCUT2D eigenvalue weighted by atomic mass is 9.81. The summed E-state index contributed by atoms with van der Waals surface area (Å²) in [5.41, 5.74) is 0.993. The fourth-order valence-electron chi connectivity index (χ4n) is 5.53. The molecule has 9 unspecified atom stereocenters.